The fraction of sp³-hybridized carbons (Fsp3) is 0.250. The summed E-state index contributed by atoms with van der Waals surface area (Å²) in [5.74, 6) is 0.515. The van der Waals surface area contributed by atoms with Crippen LogP contribution in [0.2, 0.25) is 0 Å². The summed E-state index contributed by atoms with van der Waals surface area (Å²) in [7, 11) is 1.61. The van der Waals surface area contributed by atoms with Crippen molar-refractivity contribution in [3.63, 3.8) is 0 Å². The van der Waals surface area contributed by atoms with E-state index in [0.29, 0.717) is 18.8 Å². The van der Waals surface area contributed by atoms with Gasteiger partial charge in [0.25, 0.3) is 0 Å². The van der Waals surface area contributed by atoms with E-state index in [1.807, 2.05) is 24.3 Å². The largest absolute Gasteiger partial charge is 0.497 e. The lowest BCUT2D eigenvalue weighted by Crippen LogP contribution is -2.10. The molecule has 0 amide bonds. The topological polar surface area (TPSA) is 80.7 Å². The first-order valence-electron chi connectivity index (χ1n) is 6.88. The maximum Gasteiger partial charge on any atom is 0.337 e. The molecule has 1 heterocycles. The highest BCUT2D eigenvalue weighted by molar-refractivity contribution is 5.93. The zero-order chi connectivity index (χ0) is 15.8. The number of rotatable bonds is 8. The lowest BCUT2D eigenvalue weighted by Gasteiger charge is -2.10. The van der Waals surface area contributed by atoms with Crippen LogP contribution < -0.4 is 14.8 Å². The number of aromatic nitrogens is 1. The molecule has 0 spiro atoms. The minimum absolute atomic E-state index is 0.212. The minimum atomic E-state index is -0.975. The SMILES string of the molecule is COc1cccc(OCCCNc2cnccc2C(=O)O)c1. The summed E-state index contributed by atoms with van der Waals surface area (Å²) < 4.78 is 10.7. The number of carboxylic acids is 1. The van der Waals surface area contributed by atoms with Gasteiger partial charge in [-0.2, -0.15) is 0 Å². The molecule has 0 saturated heterocycles. The van der Waals surface area contributed by atoms with Crippen molar-refractivity contribution in [1.29, 1.82) is 0 Å². The summed E-state index contributed by atoms with van der Waals surface area (Å²) >= 11 is 0. The highest BCUT2D eigenvalue weighted by atomic mass is 16.5. The number of carbonyl (C=O) groups is 1. The summed E-state index contributed by atoms with van der Waals surface area (Å²) in [6.07, 6.45) is 3.69. The van der Waals surface area contributed by atoms with Crippen LogP contribution in [-0.2, 0) is 0 Å². The van der Waals surface area contributed by atoms with Crippen LogP contribution in [0.15, 0.2) is 42.7 Å². The van der Waals surface area contributed by atoms with Crippen molar-refractivity contribution >= 4 is 11.7 Å². The van der Waals surface area contributed by atoms with Gasteiger partial charge in [-0.3, -0.25) is 4.98 Å². The van der Waals surface area contributed by atoms with E-state index in [0.717, 1.165) is 17.9 Å². The number of benzene rings is 1. The zero-order valence-electron chi connectivity index (χ0n) is 12.3. The molecule has 0 aliphatic heterocycles. The number of hydrogen-bond acceptors (Lipinski definition) is 5. The number of pyridine rings is 1. The molecule has 2 N–H and O–H groups in total. The molecule has 0 aliphatic rings. The van der Waals surface area contributed by atoms with E-state index in [-0.39, 0.29) is 5.56 Å². The second-order valence-electron chi connectivity index (χ2n) is 4.53. The van der Waals surface area contributed by atoms with Crippen LogP contribution in [0.4, 0.5) is 5.69 Å². The highest BCUT2D eigenvalue weighted by Crippen LogP contribution is 2.19. The van der Waals surface area contributed by atoms with Crippen LogP contribution in [-0.4, -0.2) is 36.3 Å². The summed E-state index contributed by atoms with van der Waals surface area (Å²) in [6, 6.07) is 8.86. The Morgan fingerprint density at radius 3 is 2.91 bits per heavy atom. The van der Waals surface area contributed by atoms with Crippen LogP contribution in [0, 0.1) is 0 Å². The Balaban J connectivity index is 1.77. The molecule has 2 rings (SSSR count). The van der Waals surface area contributed by atoms with Crippen molar-refractivity contribution < 1.29 is 19.4 Å². The van der Waals surface area contributed by atoms with Crippen LogP contribution in [0.25, 0.3) is 0 Å². The molecular formula is C16H18N2O4. The third kappa shape index (κ3) is 4.37. The summed E-state index contributed by atoms with van der Waals surface area (Å²) in [5.41, 5.74) is 0.722. The van der Waals surface area contributed by atoms with Crippen molar-refractivity contribution in [3.8, 4) is 11.5 Å². The van der Waals surface area contributed by atoms with Gasteiger partial charge in [0.15, 0.2) is 0 Å². The summed E-state index contributed by atoms with van der Waals surface area (Å²) in [5, 5.41) is 12.1. The fourth-order valence-electron chi connectivity index (χ4n) is 1.90. The lowest BCUT2D eigenvalue weighted by molar-refractivity contribution is 0.0698. The Hall–Kier alpha value is -2.76. The predicted molar refractivity (Wildman–Crippen MR) is 82.8 cm³/mol. The molecule has 22 heavy (non-hydrogen) atoms. The van der Waals surface area contributed by atoms with Gasteiger partial charge in [0.1, 0.15) is 11.5 Å². The van der Waals surface area contributed by atoms with Gasteiger partial charge in [-0.15, -0.1) is 0 Å². The van der Waals surface area contributed by atoms with Gasteiger partial charge in [-0.25, -0.2) is 4.79 Å². The van der Waals surface area contributed by atoms with Gasteiger partial charge in [0.05, 0.1) is 31.2 Å². The molecule has 0 unspecified atom stereocenters. The van der Waals surface area contributed by atoms with Crippen LogP contribution in [0.1, 0.15) is 16.8 Å². The summed E-state index contributed by atoms with van der Waals surface area (Å²) in [4.78, 5) is 15.0. The van der Waals surface area contributed by atoms with Crippen molar-refractivity contribution in [1.82, 2.24) is 4.98 Å². The third-order valence-corrected chi connectivity index (χ3v) is 3.00. The maximum atomic E-state index is 11.1. The van der Waals surface area contributed by atoms with E-state index in [1.165, 1.54) is 18.5 Å². The molecule has 0 aliphatic carbocycles. The quantitative estimate of drug-likeness (QED) is 0.730. The van der Waals surface area contributed by atoms with Crippen molar-refractivity contribution in [2.45, 2.75) is 6.42 Å². The third-order valence-electron chi connectivity index (χ3n) is 3.00. The first-order valence-corrected chi connectivity index (χ1v) is 6.88. The standard InChI is InChI=1S/C16H18N2O4/c1-21-12-4-2-5-13(10-12)22-9-3-7-18-15-11-17-8-6-14(15)16(19)20/h2,4-6,8,10-11,18H,3,7,9H2,1H3,(H,19,20). The number of aromatic carboxylic acids is 1. The minimum Gasteiger partial charge on any atom is -0.497 e. The molecule has 0 radical (unpaired) electrons. The molecule has 1 aromatic carbocycles. The molecule has 6 nitrogen and oxygen atoms in total. The fourth-order valence-corrected chi connectivity index (χ4v) is 1.90. The van der Waals surface area contributed by atoms with E-state index in [9.17, 15) is 4.79 Å². The molecule has 0 bridgehead atoms. The number of anilines is 1. The molecule has 0 saturated carbocycles. The average Bonchev–Trinajstić information content (AvgIpc) is 2.55. The molecule has 1 aromatic heterocycles. The van der Waals surface area contributed by atoms with Gasteiger partial charge >= 0.3 is 5.97 Å². The number of nitrogens with zero attached hydrogens (tertiary/aromatic N) is 1. The molecule has 116 valence electrons. The van der Waals surface area contributed by atoms with Crippen LogP contribution in [0.5, 0.6) is 11.5 Å². The first kappa shape index (κ1) is 15.6. The molecule has 2 aromatic rings. The predicted octanol–water partition coefficient (Wildman–Crippen LogP) is 2.67. The Kier molecular flexibility index (Phi) is 5.59. The normalized spacial score (nSPS) is 10.0. The lowest BCUT2D eigenvalue weighted by atomic mass is 10.2. The average molecular weight is 302 g/mol. The molecule has 0 atom stereocenters. The molecule has 6 heteroatoms. The number of ether oxygens (including phenoxy) is 2. The van der Waals surface area contributed by atoms with Gasteiger partial charge in [-0.05, 0) is 24.6 Å². The van der Waals surface area contributed by atoms with E-state index >= 15 is 0 Å². The number of methoxy groups -OCH3 is 1. The van der Waals surface area contributed by atoms with Gasteiger partial charge in [0.2, 0.25) is 0 Å². The number of carboxylic acid groups (broad SMARTS) is 1. The van der Waals surface area contributed by atoms with Crippen molar-refractivity contribution in [3.05, 3.63) is 48.3 Å². The number of nitrogens with one attached hydrogen (secondary N) is 1. The second-order valence-corrected chi connectivity index (χ2v) is 4.53. The molecular weight excluding hydrogens is 284 g/mol. The van der Waals surface area contributed by atoms with Crippen molar-refractivity contribution in [2.24, 2.45) is 0 Å². The monoisotopic (exact) mass is 302 g/mol. The van der Waals surface area contributed by atoms with Crippen LogP contribution >= 0.6 is 0 Å². The first-order chi connectivity index (χ1) is 10.7. The van der Waals surface area contributed by atoms with E-state index in [1.54, 1.807) is 7.11 Å². The van der Waals surface area contributed by atoms with Crippen LogP contribution in [0.3, 0.4) is 0 Å². The maximum absolute atomic E-state index is 11.1. The van der Waals surface area contributed by atoms with Gasteiger partial charge < -0.3 is 19.9 Å². The van der Waals surface area contributed by atoms with Gasteiger partial charge in [-0.1, -0.05) is 6.07 Å². The molecule has 0 fully saturated rings. The van der Waals surface area contributed by atoms with E-state index in [4.69, 9.17) is 14.6 Å². The van der Waals surface area contributed by atoms with Crippen molar-refractivity contribution in [2.75, 3.05) is 25.6 Å². The Morgan fingerprint density at radius 1 is 1.32 bits per heavy atom. The Bertz CT molecular complexity index is 631. The van der Waals surface area contributed by atoms with E-state index < -0.39 is 5.97 Å². The second kappa shape index (κ2) is 7.87. The highest BCUT2D eigenvalue weighted by Gasteiger charge is 2.08. The zero-order valence-corrected chi connectivity index (χ0v) is 12.3. The summed E-state index contributed by atoms with van der Waals surface area (Å²) in [6.45, 7) is 1.11. The van der Waals surface area contributed by atoms with E-state index in [2.05, 4.69) is 10.3 Å². The van der Waals surface area contributed by atoms with Gasteiger partial charge in [0, 0.05) is 18.8 Å². The number of hydrogen-bond donors (Lipinski definition) is 2. The smallest absolute Gasteiger partial charge is 0.337 e. The Morgan fingerprint density at radius 2 is 2.14 bits per heavy atom. The Labute approximate surface area is 128 Å².